The normalized spacial score (nSPS) is 13.9. The maximum atomic E-state index is 11.4. The van der Waals surface area contributed by atoms with Gasteiger partial charge in [-0.15, -0.1) is 0 Å². The summed E-state index contributed by atoms with van der Waals surface area (Å²) in [6.07, 6.45) is 19.1. The van der Waals surface area contributed by atoms with E-state index in [-0.39, 0.29) is 0 Å². The molecule has 4 nitrogen and oxygen atoms in total. The SMILES string of the molecule is CCCCCCCCC=CCCCCCC(O)C(CCC)C(=O)OO. The smallest absolute Gasteiger partial charge is 0.347 e. The predicted molar refractivity (Wildman–Crippen MR) is 103 cm³/mol. The lowest BCUT2D eigenvalue weighted by Crippen LogP contribution is -2.29. The molecular formula is C21H40O4. The molecule has 0 aromatic heterocycles. The van der Waals surface area contributed by atoms with Crippen LogP contribution in [0.2, 0.25) is 0 Å². The minimum atomic E-state index is -0.720. The van der Waals surface area contributed by atoms with Gasteiger partial charge in [-0.3, -0.25) is 0 Å². The Labute approximate surface area is 154 Å². The zero-order chi connectivity index (χ0) is 18.8. The van der Waals surface area contributed by atoms with Crippen molar-refractivity contribution in [3.05, 3.63) is 12.2 Å². The molecule has 0 fully saturated rings. The van der Waals surface area contributed by atoms with Crippen molar-refractivity contribution < 1.29 is 20.0 Å². The van der Waals surface area contributed by atoms with Gasteiger partial charge in [0, 0.05) is 0 Å². The van der Waals surface area contributed by atoms with E-state index in [4.69, 9.17) is 5.26 Å². The summed E-state index contributed by atoms with van der Waals surface area (Å²) in [5, 5.41) is 18.6. The van der Waals surface area contributed by atoms with Gasteiger partial charge in [0.2, 0.25) is 0 Å². The van der Waals surface area contributed by atoms with Crippen molar-refractivity contribution in [3.63, 3.8) is 0 Å². The molecule has 0 radical (unpaired) electrons. The molecule has 0 saturated carbocycles. The molecule has 0 bridgehead atoms. The fraction of sp³-hybridized carbons (Fsp3) is 0.857. The molecule has 0 aromatic carbocycles. The van der Waals surface area contributed by atoms with E-state index in [1.54, 1.807) is 0 Å². The van der Waals surface area contributed by atoms with Gasteiger partial charge in [-0.2, -0.15) is 5.26 Å². The van der Waals surface area contributed by atoms with Gasteiger partial charge in [0.05, 0.1) is 12.0 Å². The van der Waals surface area contributed by atoms with Crippen molar-refractivity contribution in [3.8, 4) is 0 Å². The molecular weight excluding hydrogens is 316 g/mol. The number of aliphatic hydroxyl groups is 1. The Morgan fingerprint density at radius 1 is 0.840 bits per heavy atom. The fourth-order valence-electron chi connectivity index (χ4n) is 3.12. The summed E-state index contributed by atoms with van der Waals surface area (Å²) in [6, 6.07) is 0. The van der Waals surface area contributed by atoms with Crippen LogP contribution >= 0.6 is 0 Å². The van der Waals surface area contributed by atoms with Crippen LogP contribution < -0.4 is 0 Å². The van der Waals surface area contributed by atoms with E-state index < -0.39 is 18.0 Å². The average Bonchev–Trinajstić information content (AvgIpc) is 2.62. The third-order valence-corrected chi connectivity index (χ3v) is 4.72. The summed E-state index contributed by atoms with van der Waals surface area (Å²) in [4.78, 5) is 15.2. The largest absolute Gasteiger partial charge is 0.392 e. The molecule has 25 heavy (non-hydrogen) atoms. The number of unbranched alkanes of at least 4 members (excludes halogenated alkanes) is 9. The monoisotopic (exact) mass is 356 g/mol. The average molecular weight is 357 g/mol. The minimum Gasteiger partial charge on any atom is -0.392 e. The lowest BCUT2D eigenvalue weighted by molar-refractivity contribution is -0.242. The Morgan fingerprint density at radius 3 is 1.96 bits per heavy atom. The van der Waals surface area contributed by atoms with Crippen molar-refractivity contribution in [1.29, 1.82) is 0 Å². The molecule has 2 unspecified atom stereocenters. The lowest BCUT2D eigenvalue weighted by Gasteiger charge is -2.19. The molecule has 0 spiro atoms. The summed E-state index contributed by atoms with van der Waals surface area (Å²) in [6.45, 7) is 4.19. The molecule has 148 valence electrons. The first-order valence-electron chi connectivity index (χ1n) is 10.4. The van der Waals surface area contributed by atoms with Crippen LogP contribution in [0.1, 0.15) is 104 Å². The summed E-state index contributed by atoms with van der Waals surface area (Å²) in [5.74, 6) is -1.32. The van der Waals surface area contributed by atoms with Gasteiger partial charge in [-0.05, 0) is 38.5 Å². The molecule has 4 heteroatoms. The number of hydrogen-bond donors (Lipinski definition) is 2. The first-order chi connectivity index (χ1) is 12.2. The second-order valence-electron chi connectivity index (χ2n) is 7.04. The van der Waals surface area contributed by atoms with Gasteiger partial charge in [0.1, 0.15) is 0 Å². The van der Waals surface area contributed by atoms with Crippen LogP contribution in [0.5, 0.6) is 0 Å². The molecule has 0 amide bonds. The molecule has 2 N–H and O–H groups in total. The van der Waals surface area contributed by atoms with Crippen molar-refractivity contribution in [2.75, 3.05) is 0 Å². The standard InChI is InChI=1S/C21H40O4/c1-3-5-6-7-8-9-10-11-12-13-14-15-16-18-20(22)19(17-4-2)21(23)25-24/h11-12,19-20,22,24H,3-10,13-18H2,1-2H3. The maximum Gasteiger partial charge on any atom is 0.347 e. The molecule has 2 atom stereocenters. The first-order valence-corrected chi connectivity index (χ1v) is 10.4. The van der Waals surface area contributed by atoms with E-state index in [2.05, 4.69) is 24.0 Å². The van der Waals surface area contributed by atoms with E-state index >= 15 is 0 Å². The van der Waals surface area contributed by atoms with Gasteiger partial charge >= 0.3 is 5.97 Å². The van der Waals surface area contributed by atoms with Crippen LogP contribution in [0.4, 0.5) is 0 Å². The summed E-state index contributed by atoms with van der Waals surface area (Å²) < 4.78 is 0. The lowest BCUT2D eigenvalue weighted by atomic mass is 9.93. The van der Waals surface area contributed by atoms with Crippen LogP contribution in [0.15, 0.2) is 12.2 Å². The third kappa shape index (κ3) is 14.0. The zero-order valence-corrected chi connectivity index (χ0v) is 16.4. The first kappa shape index (κ1) is 24.1. The quantitative estimate of drug-likeness (QED) is 0.144. The topological polar surface area (TPSA) is 66.8 Å². The highest BCUT2D eigenvalue weighted by atomic mass is 17.1. The Balaban J connectivity index is 3.58. The second-order valence-corrected chi connectivity index (χ2v) is 7.04. The van der Waals surface area contributed by atoms with Gasteiger partial charge in [0.15, 0.2) is 0 Å². The van der Waals surface area contributed by atoms with E-state index in [0.29, 0.717) is 12.8 Å². The second kappa shape index (κ2) is 17.9. The van der Waals surface area contributed by atoms with Gasteiger partial charge in [-0.25, -0.2) is 4.79 Å². The van der Waals surface area contributed by atoms with Crippen molar-refractivity contribution in [2.45, 2.75) is 110 Å². The Hall–Kier alpha value is -0.870. The Bertz CT molecular complexity index is 328. The van der Waals surface area contributed by atoms with Crippen molar-refractivity contribution in [1.82, 2.24) is 0 Å². The number of hydrogen-bond acceptors (Lipinski definition) is 4. The summed E-state index contributed by atoms with van der Waals surface area (Å²) >= 11 is 0. The molecule has 0 aliphatic carbocycles. The molecule has 0 heterocycles. The number of aliphatic hydroxyl groups excluding tert-OH is 1. The highest BCUT2D eigenvalue weighted by molar-refractivity contribution is 5.72. The predicted octanol–water partition coefficient (Wildman–Crippen LogP) is 6.04. The summed E-state index contributed by atoms with van der Waals surface area (Å²) in [5.41, 5.74) is 0. The molecule has 0 aliphatic rings. The van der Waals surface area contributed by atoms with Crippen LogP contribution in [-0.4, -0.2) is 22.4 Å². The van der Waals surface area contributed by atoms with Crippen LogP contribution in [0, 0.1) is 5.92 Å². The van der Waals surface area contributed by atoms with E-state index in [1.165, 1.54) is 44.9 Å². The van der Waals surface area contributed by atoms with Crippen LogP contribution in [0.25, 0.3) is 0 Å². The highest BCUT2D eigenvalue weighted by Crippen LogP contribution is 2.19. The van der Waals surface area contributed by atoms with Crippen molar-refractivity contribution >= 4 is 5.97 Å². The fourth-order valence-corrected chi connectivity index (χ4v) is 3.12. The number of carbonyl (C=O) groups excluding carboxylic acids is 1. The van der Waals surface area contributed by atoms with Gasteiger partial charge in [0.25, 0.3) is 0 Å². The molecule has 0 aromatic rings. The third-order valence-electron chi connectivity index (χ3n) is 4.72. The minimum absolute atomic E-state index is 0.543. The van der Waals surface area contributed by atoms with E-state index in [9.17, 15) is 9.90 Å². The van der Waals surface area contributed by atoms with Crippen LogP contribution in [0.3, 0.4) is 0 Å². The van der Waals surface area contributed by atoms with Gasteiger partial charge in [-0.1, -0.05) is 77.4 Å². The molecule has 0 saturated heterocycles. The number of carbonyl (C=O) groups is 1. The van der Waals surface area contributed by atoms with Gasteiger partial charge < -0.3 is 9.99 Å². The Kier molecular flexibility index (Phi) is 17.3. The highest BCUT2D eigenvalue weighted by Gasteiger charge is 2.27. The van der Waals surface area contributed by atoms with E-state index in [1.807, 2.05) is 6.92 Å². The van der Waals surface area contributed by atoms with E-state index in [0.717, 1.165) is 32.1 Å². The maximum absolute atomic E-state index is 11.4. The number of rotatable bonds is 17. The van der Waals surface area contributed by atoms with Crippen LogP contribution in [-0.2, 0) is 9.68 Å². The Morgan fingerprint density at radius 2 is 1.40 bits per heavy atom. The molecule has 0 rings (SSSR count). The number of allylic oxidation sites excluding steroid dienone is 2. The summed E-state index contributed by atoms with van der Waals surface area (Å²) in [7, 11) is 0. The van der Waals surface area contributed by atoms with Crippen molar-refractivity contribution in [2.24, 2.45) is 5.92 Å². The molecule has 0 aliphatic heterocycles. The zero-order valence-electron chi connectivity index (χ0n) is 16.4.